The molecule has 1 aromatic rings. The van der Waals surface area contributed by atoms with Gasteiger partial charge in [-0.3, -0.25) is 4.79 Å². The zero-order valence-electron chi connectivity index (χ0n) is 15.0. The normalized spacial score (nSPS) is 15.1. The molecule has 1 amide bonds. The second kappa shape index (κ2) is 10.2. The number of nitrogens with zero attached hydrogens (tertiary/aromatic N) is 1. The third-order valence-corrected chi connectivity index (χ3v) is 5.08. The summed E-state index contributed by atoms with van der Waals surface area (Å²) in [6, 6.07) is 5.11. The van der Waals surface area contributed by atoms with Crippen LogP contribution < -0.4 is 4.74 Å². The van der Waals surface area contributed by atoms with Crippen LogP contribution in [0, 0.1) is 6.92 Å². The lowest BCUT2D eigenvalue weighted by atomic mass is 10.2. The Morgan fingerprint density at radius 1 is 1.37 bits per heavy atom. The summed E-state index contributed by atoms with van der Waals surface area (Å²) in [6.07, 6.45) is 1.72. The first-order valence-electron chi connectivity index (χ1n) is 8.18. The Hall–Kier alpha value is -2.19. The van der Waals surface area contributed by atoms with Gasteiger partial charge in [0.25, 0.3) is 0 Å². The van der Waals surface area contributed by atoms with E-state index in [1.165, 1.54) is 29.8 Å². The molecular formula is C18H20ClNO6S. The molecule has 146 valence electrons. The first-order valence-corrected chi connectivity index (χ1v) is 9.54. The SMILES string of the molecule is COC(=O)/C=C1/SCC(=O)N1CCCOC(=O)COc1ccc(Cl)c(C)c1. The number of thioether (sulfide) groups is 1. The number of amides is 1. The molecule has 0 bridgehead atoms. The largest absolute Gasteiger partial charge is 0.482 e. The minimum Gasteiger partial charge on any atom is -0.482 e. The van der Waals surface area contributed by atoms with Crippen LogP contribution >= 0.6 is 23.4 Å². The number of carbonyl (C=O) groups excluding carboxylic acids is 3. The average Bonchev–Trinajstić information content (AvgIpc) is 2.99. The highest BCUT2D eigenvalue weighted by molar-refractivity contribution is 8.04. The van der Waals surface area contributed by atoms with Gasteiger partial charge in [-0.2, -0.15) is 0 Å². The maximum absolute atomic E-state index is 11.9. The molecule has 2 rings (SSSR count). The van der Waals surface area contributed by atoms with Gasteiger partial charge in [0.2, 0.25) is 5.91 Å². The number of benzene rings is 1. The van der Waals surface area contributed by atoms with E-state index in [2.05, 4.69) is 4.74 Å². The molecule has 1 aliphatic heterocycles. The number of hydrogen-bond acceptors (Lipinski definition) is 7. The van der Waals surface area contributed by atoms with Crippen LogP contribution in [0.15, 0.2) is 29.3 Å². The Kier molecular flexibility index (Phi) is 7.99. The Morgan fingerprint density at radius 2 is 2.15 bits per heavy atom. The number of rotatable bonds is 8. The molecule has 1 aliphatic rings. The van der Waals surface area contributed by atoms with Gasteiger partial charge in [0, 0.05) is 11.6 Å². The number of methoxy groups -OCH3 is 1. The van der Waals surface area contributed by atoms with E-state index in [0.717, 1.165) is 5.56 Å². The van der Waals surface area contributed by atoms with Crippen molar-refractivity contribution in [2.75, 3.05) is 32.6 Å². The maximum atomic E-state index is 11.9. The lowest BCUT2D eigenvalue weighted by molar-refractivity contribution is -0.146. The van der Waals surface area contributed by atoms with Crippen molar-refractivity contribution < 1.29 is 28.6 Å². The minimum atomic E-state index is -0.516. The third kappa shape index (κ3) is 6.48. The van der Waals surface area contributed by atoms with E-state index in [4.69, 9.17) is 21.1 Å². The fraction of sp³-hybridized carbons (Fsp3) is 0.389. The molecule has 0 unspecified atom stereocenters. The number of halogens is 1. The second-order valence-corrected chi connectivity index (χ2v) is 7.02. The van der Waals surface area contributed by atoms with Crippen LogP contribution in [0.1, 0.15) is 12.0 Å². The van der Waals surface area contributed by atoms with Gasteiger partial charge in [0.1, 0.15) is 5.75 Å². The molecule has 1 heterocycles. The van der Waals surface area contributed by atoms with Crippen molar-refractivity contribution in [1.82, 2.24) is 4.90 Å². The molecule has 0 spiro atoms. The summed E-state index contributed by atoms with van der Waals surface area (Å²) in [5.41, 5.74) is 0.853. The molecule has 0 atom stereocenters. The van der Waals surface area contributed by atoms with Crippen LogP contribution in [0.25, 0.3) is 0 Å². The van der Waals surface area contributed by atoms with Crippen molar-refractivity contribution in [2.45, 2.75) is 13.3 Å². The Bertz CT molecular complexity index is 751. The zero-order valence-corrected chi connectivity index (χ0v) is 16.6. The molecule has 7 nitrogen and oxygen atoms in total. The summed E-state index contributed by atoms with van der Waals surface area (Å²) in [5, 5.41) is 1.17. The van der Waals surface area contributed by atoms with Crippen molar-refractivity contribution in [3.05, 3.63) is 39.9 Å². The van der Waals surface area contributed by atoms with Crippen LogP contribution in [0.4, 0.5) is 0 Å². The molecule has 0 aromatic heterocycles. The van der Waals surface area contributed by atoms with Crippen LogP contribution in [0.3, 0.4) is 0 Å². The average molecular weight is 414 g/mol. The first kappa shape index (κ1) is 21.1. The minimum absolute atomic E-state index is 0.0945. The maximum Gasteiger partial charge on any atom is 0.344 e. The number of carbonyl (C=O) groups is 3. The molecule has 9 heteroatoms. The summed E-state index contributed by atoms with van der Waals surface area (Å²) in [5.74, 6) is -0.306. The fourth-order valence-electron chi connectivity index (χ4n) is 2.23. The van der Waals surface area contributed by atoms with Gasteiger partial charge in [-0.15, -0.1) is 0 Å². The van der Waals surface area contributed by atoms with Gasteiger partial charge in [0.05, 0.1) is 30.6 Å². The molecule has 1 saturated heterocycles. The van der Waals surface area contributed by atoms with E-state index in [1.807, 2.05) is 6.92 Å². The monoisotopic (exact) mass is 413 g/mol. The number of esters is 2. The number of hydrogen-bond donors (Lipinski definition) is 0. The molecule has 1 aromatic carbocycles. The van der Waals surface area contributed by atoms with Gasteiger partial charge in [0.15, 0.2) is 6.61 Å². The zero-order chi connectivity index (χ0) is 19.8. The molecule has 0 N–H and O–H groups in total. The summed E-state index contributed by atoms with van der Waals surface area (Å²) in [4.78, 5) is 36.4. The van der Waals surface area contributed by atoms with Crippen molar-refractivity contribution in [1.29, 1.82) is 0 Å². The summed E-state index contributed by atoms with van der Waals surface area (Å²) in [6.45, 7) is 2.11. The molecule has 0 aliphatic carbocycles. The molecule has 0 saturated carbocycles. The van der Waals surface area contributed by atoms with Crippen molar-refractivity contribution in [3.63, 3.8) is 0 Å². The summed E-state index contributed by atoms with van der Waals surface area (Å²) < 4.78 is 15.0. The standard InChI is InChI=1S/C18H20ClNO6S/c1-12-8-13(4-5-14(12)19)26-10-18(23)25-7-3-6-20-15(21)11-27-16(20)9-17(22)24-2/h4-5,8-9H,3,6-7,10-11H2,1-2H3/b16-9+. The van der Waals surface area contributed by atoms with E-state index >= 15 is 0 Å². The Morgan fingerprint density at radius 3 is 2.85 bits per heavy atom. The highest BCUT2D eigenvalue weighted by Gasteiger charge is 2.27. The molecular weight excluding hydrogens is 394 g/mol. The number of aryl methyl sites for hydroxylation is 1. The van der Waals surface area contributed by atoms with E-state index < -0.39 is 11.9 Å². The smallest absolute Gasteiger partial charge is 0.344 e. The Balaban J connectivity index is 1.71. The van der Waals surface area contributed by atoms with E-state index in [-0.39, 0.29) is 24.9 Å². The molecule has 1 fully saturated rings. The third-order valence-electron chi connectivity index (χ3n) is 3.63. The molecule has 0 radical (unpaired) electrons. The fourth-order valence-corrected chi connectivity index (χ4v) is 3.30. The highest BCUT2D eigenvalue weighted by atomic mass is 35.5. The van der Waals surface area contributed by atoms with Gasteiger partial charge in [-0.25, -0.2) is 9.59 Å². The van der Waals surface area contributed by atoms with Crippen molar-refractivity contribution in [3.8, 4) is 5.75 Å². The van der Waals surface area contributed by atoms with Gasteiger partial charge < -0.3 is 19.1 Å². The van der Waals surface area contributed by atoms with E-state index in [1.54, 1.807) is 18.2 Å². The van der Waals surface area contributed by atoms with Crippen LogP contribution in [0.2, 0.25) is 5.02 Å². The van der Waals surface area contributed by atoms with Crippen LogP contribution in [-0.4, -0.2) is 55.4 Å². The van der Waals surface area contributed by atoms with E-state index in [0.29, 0.717) is 28.8 Å². The quantitative estimate of drug-likeness (QED) is 0.368. The summed E-state index contributed by atoms with van der Waals surface area (Å²) >= 11 is 7.21. The predicted octanol–water partition coefficient (Wildman–Crippen LogP) is 2.55. The van der Waals surface area contributed by atoms with Crippen molar-refractivity contribution in [2.24, 2.45) is 0 Å². The van der Waals surface area contributed by atoms with Crippen molar-refractivity contribution >= 4 is 41.2 Å². The summed E-state index contributed by atoms with van der Waals surface area (Å²) in [7, 11) is 1.28. The van der Waals surface area contributed by atoms with Crippen LogP contribution in [-0.2, 0) is 23.9 Å². The topological polar surface area (TPSA) is 82.1 Å². The van der Waals surface area contributed by atoms with Gasteiger partial charge >= 0.3 is 11.9 Å². The number of ether oxygens (including phenoxy) is 3. The first-order chi connectivity index (χ1) is 12.9. The molecule has 27 heavy (non-hydrogen) atoms. The second-order valence-electron chi connectivity index (χ2n) is 5.61. The highest BCUT2D eigenvalue weighted by Crippen LogP contribution is 2.28. The Labute approximate surface area is 166 Å². The van der Waals surface area contributed by atoms with E-state index in [9.17, 15) is 14.4 Å². The van der Waals surface area contributed by atoms with Gasteiger partial charge in [-0.1, -0.05) is 23.4 Å². The van der Waals surface area contributed by atoms with Crippen LogP contribution in [0.5, 0.6) is 5.75 Å². The predicted molar refractivity (Wildman–Crippen MR) is 102 cm³/mol. The lowest BCUT2D eigenvalue weighted by Gasteiger charge is -2.16. The lowest BCUT2D eigenvalue weighted by Crippen LogP contribution is -2.27. The van der Waals surface area contributed by atoms with Gasteiger partial charge in [-0.05, 0) is 37.1 Å².